The summed E-state index contributed by atoms with van der Waals surface area (Å²) >= 11 is 0. The van der Waals surface area contributed by atoms with Crippen LogP contribution in [0.4, 0.5) is 17.1 Å². The molecule has 0 aliphatic carbocycles. The molecule has 560 valence electrons. The fourth-order valence-corrected chi connectivity index (χ4v) is 18.8. The molecule has 0 atom stereocenters. The number of benzene rings is 16. The molecule has 5 heterocycles. The number of aryl methyl sites for hydroxylation is 4. The molecule has 0 saturated heterocycles. The first-order valence-electron chi connectivity index (χ1n) is 41.1. The van der Waals surface area contributed by atoms with Crippen molar-refractivity contribution in [3.05, 3.63) is 362 Å². The molecular weight excluding hydrogens is 1410 g/mol. The van der Waals surface area contributed by atoms with Gasteiger partial charge in [-0.25, -0.2) is 0 Å². The molecule has 21 rings (SSSR count). The molecule has 0 fully saturated rings. The zero-order valence-electron chi connectivity index (χ0n) is 67.4. The number of hydrogen-bond donors (Lipinski definition) is 0. The van der Waals surface area contributed by atoms with Gasteiger partial charge in [0, 0.05) is 123 Å². The molecule has 0 aliphatic rings. The quantitative estimate of drug-likeness (QED) is 0.113. The third kappa shape index (κ3) is 11.6. The molecule has 0 unspecified atom stereocenters. The van der Waals surface area contributed by atoms with E-state index < -0.39 is 0 Å². The first-order chi connectivity index (χ1) is 56.5. The highest BCUT2D eigenvalue weighted by Gasteiger charge is 2.25. The third-order valence-electron chi connectivity index (χ3n) is 24.9. The van der Waals surface area contributed by atoms with Gasteiger partial charge in [0.2, 0.25) is 0 Å². The van der Waals surface area contributed by atoms with Crippen LogP contribution in [-0.2, 0) is 23.9 Å². The van der Waals surface area contributed by atoms with Crippen molar-refractivity contribution in [2.24, 2.45) is 0 Å². The van der Waals surface area contributed by atoms with Crippen LogP contribution in [-0.4, -0.2) is 22.8 Å². The highest BCUT2D eigenvalue weighted by atomic mass is 15.1. The summed E-state index contributed by atoms with van der Waals surface area (Å²) in [5.74, 6) is 0. The van der Waals surface area contributed by atoms with Crippen LogP contribution in [0, 0.1) is 13.8 Å². The van der Waals surface area contributed by atoms with E-state index >= 15 is 0 Å². The molecule has 0 saturated carbocycles. The van der Waals surface area contributed by atoms with E-state index in [9.17, 15) is 0 Å². The lowest BCUT2D eigenvalue weighted by molar-refractivity contribution is 0.590. The smallest absolute Gasteiger partial charge is 0.0541 e. The minimum absolute atomic E-state index is 0.0301. The Kier molecular flexibility index (Phi) is 16.3. The minimum atomic E-state index is 0.0301. The van der Waals surface area contributed by atoms with Crippen LogP contribution in [0.2, 0.25) is 0 Å². The molecular formula is C110H90N6. The maximum absolute atomic E-state index is 2.47. The van der Waals surface area contributed by atoms with Crippen LogP contribution in [0.25, 0.3) is 182 Å². The molecule has 21 aromatic rings. The topological polar surface area (TPSA) is 27.9 Å². The number of hydrogen-bond acceptors (Lipinski definition) is 1. The largest absolute Gasteiger partial charge is 0.341 e. The molecule has 0 aliphatic heterocycles. The molecule has 0 spiro atoms. The molecule has 6 nitrogen and oxygen atoms in total. The molecule has 16 aromatic carbocycles. The fourth-order valence-electron chi connectivity index (χ4n) is 18.8. The van der Waals surface area contributed by atoms with Crippen molar-refractivity contribution in [3.63, 3.8) is 0 Å². The van der Waals surface area contributed by atoms with Crippen LogP contribution in [0.15, 0.2) is 340 Å². The first kappa shape index (κ1) is 70.2. The highest BCUT2D eigenvalue weighted by molar-refractivity contribution is 6.15. The fraction of sp³-hybridized carbons (Fsp3) is 0.127. The van der Waals surface area contributed by atoms with E-state index in [-0.39, 0.29) is 10.8 Å². The third-order valence-corrected chi connectivity index (χ3v) is 24.9. The average molecular weight is 1500 g/mol. The summed E-state index contributed by atoms with van der Waals surface area (Å²) in [6, 6.07) is 128. The maximum atomic E-state index is 2.47. The Bertz CT molecular complexity index is 7430. The van der Waals surface area contributed by atoms with Crippen molar-refractivity contribution in [3.8, 4) is 72.7 Å². The van der Waals surface area contributed by atoms with E-state index in [0.29, 0.717) is 0 Å². The predicted octanol–water partition coefficient (Wildman–Crippen LogP) is 30.3. The zero-order valence-corrected chi connectivity index (χ0v) is 67.4. The zero-order chi connectivity index (χ0) is 78.6. The van der Waals surface area contributed by atoms with Gasteiger partial charge in [-0.3, -0.25) is 0 Å². The Morgan fingerprint density at radius 3 is 0.767 bits per heavy atom. The van der Waals surface area contributed by atoms with E-state index in [4.69, 9.17) is 0 Å². The van der Waals surface area contributed by atoms with Crippen LogP contribution < -0.4 is 4.90 Å². The van der Waals surface area contributed by atoms with Gasteiger partial charge in [0.05, 0.1) is 33.1 Å². The molecule has 116 heavy (non-hydrogen) atoms. The summed E-state index contributed by atoms with van der Waals surface area (Å²) in [7, 11) is 0. The monoisotopic (exact) mass is 1490 g/mol. The summed E-state index contributed by atoms with van der Waals surface area (Å²) in [4.78, 5) is 2.39. The van der Waals surface area contributed by atoms with Gasteiger partial charge >= 0.3 is 0 Å². The van der Waals surface area contributed by atoms with Crippen molar-refractivity contribution in [2.45, 2.75) is 93.2 Å². The van der Waals surface area contributed by atoms with Gasteiger partial charge < -0.3 is 27.7 Å². The SMILES string of the molecule is CCn1c2ccc(C)cc2c2cc(-c3ccc4c(c3)c3cc(-c5ccc6c(c5)c5ccccc5n6-c5ccc(-c6ccc(N(c7ccc(-c8ccc(-n9c%10ccccc%10c%10cc(C)ccc%109)cc8)cc7)c7ccc(-c8ccc(-n9c%10ccc(C(C)(C)C)cc%10c%10cc(C(C)(C)C)ccc%109)cc8)cc7)cc6)cc5)ccc3n4CC)ccc21. The lowest BCUT2D eigenvalue weighted by atomic mass is 9.85. The highest BCUT2D eigenvalue weighted by Crippen LogP contribution is 2.45. The molecule has 0 N–H and O–H groups in total. The van der Waals surface area contributed by atoms with Crippen molar-refractivity contribution in [1.82, 2.24) is 22.8 Å². The minimum Gasteiger partial charge on any atom is -0.341 e. The van der Waals surface area contributed by atoms with E-state index in [1.165, 1.54) is 154 Å². The van der Waals surface area contributed by atoms with Crippen LogP contribution >= 0.6 is 0 Å². The summed E-state index contributed by atoms with van der Waals surface area (Å²) in [6.45, 7) is 24.5. The van der Waals surface area contributed by atoms with E-state index in [2.05, 4.69) is 437 Å². The number of fused-ring (bicyclic) bond motifs is 15. The summed E-state index contributed by atoms with van der Waals surface area (Å²) in [5.41, 5.74) is 36.0. The van der Waals surface area contributed by atoms with Crippen LogP contribution in [0.5, 0.6) is 0 Å². The van der Waals surface area contributed by atoms with Gasteiger partial charge in [0.25, 0.3) is 0 Å². The lowest BCUT2D eigenvalue weighted by Gasteiger charge is -2.26. The molecule has 5 aromatic heterocycles. The van der Waals surface area contributed by atoms with Gasteiger partial charge in [-0.15, -0.1) is 0 Å². The molecule has 0 bridgehead atoms. The van der Waals surface area contributed by atoms with Gasteiger partial charge in [0.15, 0.2) is 0 Å². The summed E-state index contributed by atoms with van der Waals surface area (Å²) < 4.78 is 12.2. The second-order valence-corrected chi connectivity index (χ2v) is 34.1. The predicted molar refractivity (Wildman–Crippen MR) is 496 cm³/mol. The Hall–Kier alpha value is -13.7. The summed E-state index contributed by atoms with van der Waals surface area (Å²) in [6.07, 6.45) is 0. The van der Waals surface area contributed by atoms with Crippen molar-refractivity contribution < 1.29 is 0 Å². The Morgan fingerprint density at radius 2 is 0.448 bits per heavy atom. The Balaban J connectivity index is 0.592. The Morgan fingerprint density at radius 1 is 0.216 bits per heavy atom. The number of para-hydroxylation sites is 2. The molecule has 0 radical (unpaired) electrons. The van der Waals surface area contributed by atoms with Crippen LogP contribution in [0.1, 0.15) is 77.6 Å². The number of anilines is 3. The number of nitrogens with zero attached hydrogens (tertiary/aromatic N) is 6. The lowest BCUT2D eigenvalue weighted by Crippen LogP contribution is -2.10. The van der Waals surface area contributed by atoms with Crippen molar-refractivity contribution >= 4 is 126 Å². The van der Waals surface area contributed by atoms with Gasteiger partial charge in [-0.2, -0.15) is 0 Å². The average Bonchev–Trinajstić information content (AvgIpc) is 1.60. The maximum Gasteiger partial charge on any atom is 0.0541 e. The first-order valence-corrected chi connectivity index (χ1v) is 41.1. The van der Waals surface area contributed by atoms with E-state index in [0.717, 1.165) is 80.6 Å². The van der Waals surface area contributed by atoms with Crippen molar-refractivity contribution in [2.75, 3.05) is 4.90 Å². The van der Waals surface area contributed by atoms with Gasteiger partial charge in [-0.1, -0.05) is 210 Å². The van der Waals surface area contributed by atoms with E-state index in [1.54, 1.807) is 0 Å². The van der Waals surface area contributed by atoms with Gasteiger partial charge in [0.1, 0.15) is 0 Å². The molecule has 6 heteroatoms. The Labute approximate surface area is 677 Å². The van der Waals surface area contributed by atoms with E-state index in [1.807, 2.05) is 0 Å². The van der Waals surface area contributed by atoms with Gasteiger partial charge in [-0.05, 0) is 287 Å². The number of rotatable bonds is 13. The second-order valence-electron chi connectivity index (χ2n) is 34.1. The molecule has 0 amide bonds. The normalized spacial score (nSPS) is 12.3. The standard InChI is InChI=1S/C110H90N6/c1-11-111-99-53-21-69(3)62-92(99)94-64-77(35-55-100(94)111)78-36-56-101-95(65-78)96-66-79(37-57-102(96)112(101)12-2)80-38-58-106-93(63-80)90-18-14-16-20-104(90)115(106)87-49-31-75(32-50-87)72-25-43-84(44-26-72)113(83-41-23-71(24-42-83)74-29-47-86(48-30-74)114-103-19-15-13-17-89(103)91-61-70(4)22-54-105(91)114)85-45-27-73(28-46-85)76-33-51-88(52-34-76)116-107-59-39-81(109(5,6)7)67-97(107)98-68-82(110(8,9)10)40-60-108(98)116/h13-68H,11-12H2,1-10H3. The summed E-state index contributed by atoms with van der Waals surface area (Å²) in [5, 5.41) is 12.8. The van der Waals surface area contributed by atoms with Crippen LogP contribution in [0.3, 0.4) is 0 Å². The number of aromatic nitrogens is 5. The van der Waals surface area contributed by atoms with Crippen molar-refractivity contribution in [1.29, 1.82) is 0 Å². The second kappa shape index (κ2) is 27.0.